The molecule has 0 unspecified atom stereocenters. The van der Waals surface area contributed by atoms with Gasteiger partial charge in [0.15, 0.2) is 11.5 Å². The Morgan fingerprint density at radius 3 is 2.97 bits per heavy atom. The summed E-state index contributed by atoms with van der Waals surface area (Å²) >= 11 is 1.43. The van der Waals surface area contributed by atoms with Crippen molar-refractivity contribution < 1.29 is 4.74 Å². The lowest BCUT2D eigenvalue weighted by Gasteiger charge is -2.08. The van der Waals surface area contributed by atoms with E-state index < -0.39 is 0 Å². The van der Waals surface area contributed by atoms with Gasteiger partial charge in [0.05, 0.1) is 41.6 Å². The Labute approximate surface area is 169 Å². The molecule has 9 nitrogen and oxygen atoms in total. The second-order valence-electron chi connectivity index (χ2n) is 6.39. The second kappa shape index (κ2) is 7.06. The van der Waals surface area contributed by atoms with Gasteiger partial charge in [0.1, 0.15) is 17.0 Å². The molecule has 0 bridgehead atoms. The Bertz CT molecular complexity index is 1330. The van der Waals surface area contributed by atoms with E-state index in [0.29, 0.717) is 23.8 Å². The predicted octanol–water partition coefficient (Wildman–Crippen LogP) is 3.12. The zero-order valence-corrected chi connectivity index (χ0v) is 16.5. The van der Waals surface area contributed by atoms with E-state index in [1.165, 1.54) is 11.5 Å². The highest BCUT2D eigenvalue weighted by Crippen LogP contribution is 2.24. The lowest BCUT2D eigenvalue weighted by atomic mass is 10.3. The van der Waals surface area contributed by atoms with Crippen LogP contribution in [0, 0.1) is 6.92 Å². The standard InChI is InChI=1S/C19H16N8OS/c1-11-7-16(29-26-11)13-3-4-17-23-24-18(27(17)25-13)10-21-14-5-6-20-15-8-12(28-2)9-22-19(14)15/h3-9H,10H2,1-2H3,(H,20,21)/i18+2. The number of anilines is 1. The SMILES string of the molecule is COc1cnc2c(NC[14c]3nnc4ccc(-c5cc(C)ns5)nn43)ccnc2c1. The number of hydrogen-bond donors (Lipinski definition) is 1. The van der Waals surface area contributed by atoms with Crippen LogP contribution in [0.3, 0.4) is 0 Å². The molecule has 0 amide bonds. The van der Waals surface area contributed by atoms with Gasteiger partial charge in [-0.15, -0.1) is 10.2 Å². The van der Waals surface area contributed by atoms with Crippen LogP contribution in [-0.2, 0) is 6.54 Å². The van der Waals surface area contributed by atoms with Crippen molar-refractivity contribution in [2.45, 2.75) is 13.5 Å². The Morgan fingerprint density at radius 1 is 1.21 bits per heavy atom. The monoisotopic (exact) mass is 406 g/mol. The number of aryl methyl sites for hydroxylation is 1. The fraction of sp³-hybridized carbons (Fsp3) is 0.158. The maximum atomic E-state index is 5.22. The molecular weight excluding hydrogens is 390 g/mol. The fourth-order valence-electron chi connectivity index (χ4n) is 3.00. The molecule has 5 rings (SSSR count). The summed E-state index contributed by atoms with van der Waals surface area (Å²) in [6.45, 7) is 2.40. The molecule has 5 aromatic rings. The first kappa shape index (κ1) is 17.4. The van der Waals surface area contributed by atoms with Crippen LogP contribution in [0.5, 0.6) is 5.75 Å². The molecule has 10 heteroatoms. The maximum Gasteiger partial charge on any atom is 0.178 e. The summed E-state index contributed by atoms with van der Waals surface area (Å²) in [5, 5.41) is 16.5. The van der Waals surface area contributed by atoms with Crippen molar-refractivity contribution in [3.05, 3.63) is 54.2 Å². The predicted molar refractivity (Wildman–Crippen MR) is 110 cm³/mol. The minimum Gasteiger partial charge on any atom is -0.495 e. The Balaban J connectivity index is 1.46. The molecule has 0 aliphatic rings. The molecule has 0 fully saturated rings. The second-order valence-corrected chi connectivity index (χ2v) is 7.20. The molecule has 1 N–H and O–H groups in total. The van der Waals surface area contributed by atoms with Gasteiger partial charge in [0.25, 0.3) is 0 Å². The summed E-state index contributed by atoms with van der Waals surface area (Å²) in [4.78, 5) is 9.83. The normalized spacial score (nSPS) is 11.2. The number of pyridine rings is 2. The number of fused-ring (bicyclic) bond motifs is 2. The number of methoxy groups -OCH3 is 1. The van der Waals surface area contributed by atoms with Crippen molar-refractivity contribution in [2.75, 3.05) is 12.4 Å². The number of hydrogen-bond acceptors (Lipinski definition) is 9. The van der Waals surface area contributed by atoms with Gasteiger partial charge in [-0.3, -0.25) is 4.98 Å². The van der Waals surface area contributed by atoms with E-state index in [4.69, 9.17) is 9.84 Å². The van der Waals surface area contributed by atoms with E-state index >= 15 is 0 Å². The van der Waals surface area contributed by atoms with Crippen LogP contribution in [-0.4, -0.2) is 41.3 Å². The van der Waals surface area contributed by atoms with Crippen molar-refractivity contribution in [2.24, 2.45) is 0 Å². The van der Waals surface area contributed by atoms with Crippen LogP contribution < -0.4 is 10.1 Å². The number of nitrogens with zero attached hydrogens (tertiary/aromatic N) is 7. The molecule has 0 aliphatic heterocycles. The number of ether oxygens (including phenoxy) is 1. The van der Waals surface area contributed by atoms with Gasteiger partial charge in [0, 0.05) is 12.3 Å². The molecule has 5 heterocycles. The summed E-state index contributed by atoms with van der Waals surface area (Å²) < 4.78 is 11.3. The minimum atomic E-state index is 0.437. The zero-order chi connectivity index (χ0) is 19.8. The van der Waals surface area contributed by atoms with Crippen LogP contribution >= 0.6 is 11.5 Å². The van der Waals surface area contributed by atoms with E-state index in [1.54, 1.807) is 24.0 Å². The van der Waals surface area contributed by atoms with E-state index in [0.717, 1.165) is 33.0 Å². The molecule has 0 spiro atoms. The van der Waals surface area contributed by atoms with E-state index in [2.05, 4.69) is 29.9 Å². The van der Waals surface area contributed by atoms with Crippen LogP contribution in [0.2, 0.25) is 0 Å². The van der Waals surface area contributed by atoms with Gasteiger partial charge < -0.3 is 10.1 Å². The highest BCUT2D eigenvalue weighted by molar-refractivity contribution is 7.09. The Morgan fingerprint density at radius 2 is 2.14 bits per heavy atom. The molecule has 0 saturated heterocycles. The summed E-state index contributed by atoms with van der Waals surface area (Å²) in [5.74, 6) is 1.36. The lowest BCUT2D eigenvalue weighted by molar-refractivity contribution is 0.413. The van der Waals surface area contributed by atoms with E-state index in [-0.39, 0.29) is 0 Å². The van der Waals surface area contributed by atoms with Crippen LogP contribution in [0.1, 0.15) is 11.5 Å². The zero-order valence-electron chi connectivity index (χ0n) is 15.7. The first-order chi connectivity index (χ1) is 14.2. The quantitative estimate of drug-likeness (QED) is 0.475. The molecule has 29 heavy (non-hydrogen) atoms. The number of rotatable bonds is 5. The first-order valence-electron chi connectivity index (χ1n) is 8.89. The summed E-state index contributed by atoms with van der Waals surface area (Å²) in [7, 11) is 1.61. The first-order valence-corrected chi connectivity index (χ1v) is 9.66. The topological polar surface area (TPSA) is 103 Å². The highest BCUT2D eigenvalue weighted by Gasteiger charge is 2.11. The molecule has 144 valence electrons. The minimum absolute atomic E-state index is 0.437. The van der Waals surface area contributed by atoms with E-state index in [1.807, 2.05) is 37.3 Å². The fourth-order valence-corrected chi connectivity index (χ4v) is 3.72. The Kier molecular flexibility index (Phi) is 4.24. The molecule has 0 aliphatic carbocycles. The number of aromatic nitrogens is 7. The molecule has 0 atom stereocenters. The van der Waals surface area contributed by atoms with E-state index in [9.17, 15) is 0 Å². The van der Waals surface area contributed by atoms with Crippen LogP contribution in [0.4, 0.5) is 5.69 Å². The molecule has 0 radical (unpaired) electrons. The van der Waals surface area contributed by atoms with Crippen molar-refractivity contribution >= 4 is 33.9 Å². The molecular formula is C19H16N8OS. The third-order valence-corrected chi connectivity index (χ3v) is 5.34. The van der Waals surface area contributed by atoms with Crippen LogP contribution in [0.25, 0.3) is 27.3 Å². The smallest absolute Gasteiger partial charge is 0.178 e. The highest BCUT2D eigenvalue weighted by atomic mass is 32.1. The average molecular weight is 406 g/mol. The average Bonchev–Trinajstić information content (AvgIpc) is 3.37. The summed E-state index contributed by atoms with van der Waals surface area (Å²) in [6, 6.07) is 9.59. The largest absolute Gasteiger partial charge is 0.495 e. The number of nitrogens with one attached hydrogen (secondary N) is 1. The van der Waals surface area contributed by atoms with Crippen molar-refractivity contribution in [1.82, 2.24) is 34.2 Å². The molecule has 5 aromatic heterocycles. The van der Waals surface area contributed by atoms with Crippen LogP contribution in [0.15, 0.2) is 42.7 Å². The van der Waals surface area contributed by atoms with Crippen molar-refractivity contribution in [3.8, 4) is 16.3 Å². The Hall–Kier alpha value is -3.66. The molecule has 0 aromatic carbocycles. The third kappa shape index (κ3) is 3.23. The molecule has 0 saturated carbocycles. The third-order valence-electron chi connectivity index (χ3n) is 4.43. The maximum absolute atomic E-state index is 5.22. The van der Waals surface area contributed by atoms with Gasteiger partial charge in [-0.05, 0) is 42.7 Å². The van der Waals surface area contributed by atoms with Gasteiger partial charge in [-0.1, -0.05) is 0 Å². The summed E-state index contributed by atoms with van der Waals surface area (Å²) in [5.41, 5.74) is 4.87. The van der Waals surface area contributed by atoms with Crippen molar-refractivity contribution in [3.63, 3.8) is 0 Å². The van der Waals surface area contributed by atoms with Gasteiger partial charge in [0.2, 0.25) is 0 Å². The van der Waals surface area contributed by atoms with Crippen molar-refractivity contribution in [1.29, 1.82) is 0 Å². The van der Waals surface area contributed by atoms with Gasteiger partial charge in [-0.2, -0.15) is 14.0 Å². The van der Waals surface area contributed by atoms with Gasteiger partial charge >= 0.3 is 0 Å². The lowest BCUT2D eigenvalue weighted by Crippen LogP contribution is -2.07. The summed E-state index contributed by atoms with van der Waals surface area (Å²) in [6.07, 6.45) is 3.41. The van der Waals surface area contributed by atoms with Gasteiger partial charge in [-0.25, -0.2) is 4.98 Å².